The van der Waals surface area contributed by atoms with E-state index in [1.807, 2.05) is 36.4 Å². The Morgan fingerprint density at radius 1 is 0.806 bits per heavy atom. The first-order valence-electron chi connectivity index (χ1n) is 12.3. The maximum absolute atomic E-state index is 6.54. The molecule has 36 heavy (non-hydrogen) atoms. The molecule has 1 aromatic heterocycles. The van der Waals surface area contributed by atoms with Crippen molar-refractivity contribution in [2.75, 3.05) is 0 Å². The van der Waals surface area contributed by atoms with Crippen molar-refractivity contribution in [2.24, 2.45) is 4.99 Å². The molecule has 0 aliphatic rings. The number of aliphatic imine (C=N–C) groups is 1. The average Bonchev–Trinajstić information content (AvgIpc) is 3.27. The van der Waals surface area contributed by atoms with Gasteiger partial charge in [0.05, 0.1) is 0 Å². The Morgan fingerprint density at radius 2 is 1.47 bits per heavy atom. The predicted octanol–water partition coefficient (Wildman–Crippen LogP) is 10.2. The summed E-state index contributed by atoms with van der Waals surface area (Å²) in [5.74, 6) is 0.805. The van der Waals surface area contributed by atoms with E-state index in [1.54, 1.807) is 0 Å². The van der Waals surface area contributed by atoms with Crippen LogP contribution < -0.4 is 0 Å². The Labute approximate surface area is 221 Å². The van der Waals surface area contributed by atoms with Gasteiger partial charge in [0.1, 0.15) is 11.3 Å². The molecule has 0 N–H and O–H groups in total. The summed E-state index contributed by atoms with van der Waals surface area (Å²) in [4.78, 5) is 5.13. The number of hydrogen-bond acceptors (Lipinski definition) is 2. The molecule has 0 spiro atoms. The zero-order valence-electron chi connectivity index (χ0n) is 20.5. The number of furan rings is 1. The van der Waals surface area contributed by atoms with E-state index in [4.69, 9.17) is 9.41 Å². The fourth-order valence-corrected chi connectivity index (χ4v) is 4.71. The molecule has 5 aromatic rings. The molecule has 0 saturated heterocycles. The maximum atomic E-state index is 6.54. The molecule has 4 aromatic carbocycles. The zero-order chi connectivity index (χ0) is 24.9. The van der Waals surface area contributed by atoms with Gasteiger partial charge in [-0.1, -0.05) is 120 Å². The lowest BCUT2D eigenvalue weighted by atomic mass is 9.97. The minimum absolute atomic E-state index is 0.805. The largest absolute Gasteiger partial charge is 0.454 e. The molecule has 1 heterocycles. The SMILES string of the molecule is CCC/C=C(\c1ccc(-c2ccccc2)cc1)c1oc2cc(Br)ccc2c1N=C(C)c1ccccc1. The highest BCUT2D eigenvalue weighted by Crippen LogP contribution is 2.41. The van der Waals surface area contributed by atoms with Gasteiger partial charge in [0.15, 0.2) is 5.76 Å². The number of hydrogen-bond donors (Lipinski definition) is 0. The van der Waals surface area contributed by atoms with Gasteiger partial charge in [0.25, 0.3) is 0 Å². The summed E-state index contributed by atoms with van der Waals surface area (Å²) in [7, 11) is 0. The van der Waals surface area contributed by atoms with Crippen molar-refractivity contribution in [1.82, 2.24) is 0 Å². The monoisotopic (exact) mass is 533 g/mol. The standard InChI is InChI=1S/C33H28BrNO/c1-3-4-15-29(27-18-16-26(17-19-27)25-13-9-6-10-14-25)33-32(30-21-20-28(34)22-31(30)36-33)35-23(2)24-11-7-5-8-12-24/h5-22H,3-4H2,1-2H3/b29-15+,35-23?. The minimum atomic E-state index is 0.805. The Morgan fingerprint density at radius 3 is 2.17 bits per heavy atom. The van der Waals surface area contributed by atoms with Crippen molar-refractivity contribution in [3.63, 3.8) is 0 Å². The summed E-state index contributed by atoms with van der Waals surface area (Å²) in [6.07, 6.45) is 4.29. The van der Waals surface area contributed by atoms with Crippen molar-refractivity contribution < 1.29 is 4.42 Å². The average molecular weight is 534 g/mol. The van der Waals surface area contributed by atoms with Crippen molar-refractivity contribution in [2.45, 2.75) is 26.7 Å². The van der Waals surface area contributed by atoms with E-state index in [9.17, 15) is 0 Å². The Hall–Kier alpha value is -3.69. The number of allylic oxidation sites excluding steroid dienone is 1. The smallest absolute Gasteiger partial charge is 0.161 e. The molecule has 0 unspecified atom stereocenters. The van der Waals surface area contributed by atoms with Crippen LogP contribution in [-0.2, 0) is 0 Å². The molecular weight excluding hydrogens is 506 g/mol. The lowest BCUT2D eigenvalue weighted by Gasteiger charge is -2.09. The fourth-order valence-electron chi connectivity index (χ4n) is 4.37. The third kappa shape index (κ3) is 5.12. The molecule has 0 aliphatic carbocycles. The quantitative estimate of drug-likeness (QED) is 0.191. The Kier molecular flexibility index (Phi) is 7.29. The highest BCUT2D eigenvalue weighted by atomic mass is 79.9. The zero-order valence-corrected chi connectivity index (χ0v) is 22.1. The number of rotatable bonds is 7. The van der Waals surface area contributed by atoms with Gasteiger partial charge < -0.3 is 4.42 Å². The van der Waals surface area contributed by atoms with Crippen LogP contribution in [0.4, 0.5) is 5.69 Å². The van der Waals surface area contributed by atoms with Gasteiger partial charge in [0.2, 0.25) is 0 Å². The second-order valence-electron chi connectivity index (χ2n) is 8.83. The molecule has 5 rings (SSSR count). The number of unbranched alkanes of at least 4 members (excludes halogenated alkanes) is 1. The maximum Gasteiger partial charge on any atom is 0.161 e. The molecule has 0 saturated carbocycles. The van der Waals surface area contributed by atoms with Gasteiger partial charge in [-0.05, 0) is 53.8 Å². The van der Waals surface area contributed by atoms with Gasteiger partial charge >= 0.3 is 0 Å². The molecule has 0 bridgehead atoms. The van der Waals surface area contributed by atoms with Gasteiger partial charge in [-0.3, -0.25) is 0 Å². The number of benzene rings is 4. The molecule has 0 atom stereocenters. The normalized spacial score (nSPS) is 12.3. The topological polar surface area (TPSA) is 25.5 Å². The number of halogens is 1. The predicted molar refractivity (Wildman–Crippen MR) is 156 cm³/mol. The van der Waals surface area contributed by atoms with Crippen LogP contribution in [0.1, 0.15) is 43.6 Å². The van der Waals surface area contributed by atoms with E-state index in [-0.39, 0.29) is 0 Å². The van der Waals surface area contributed by atoms with Crippen molar-refractivity contribution in [3.05, 3.63) is 131 Å². The van der Waals surface area contributed by atoms with Gasteiger partial charge in [-0.2, -0.15) is 0 Å². The minimum Gasteiger partial charge on any atom is -0.454 e. The third-order valence-electron chi connectivity index (χ3n) is 6.28. The van der Waals surface area contributed by atoms with E-state index in [2.05, 4.69) is 103 Å². The lowest BCUT2D eigenvalue weighted by Crippen LogP contribution is -1.94. The summed E-state index contributed by atoms with van der Waals surface area (Å²) in [5, 5.41) is 1.01. The van der Waals surface area contributed by atoms with E-state index in [0.29, 0.717) is 0 Å². The number of nitrogens with zero attached hydrogens (tertiary/aromatic N) is 1. The molecule has 0 amide bonds. The summed E-state index contributed by atoms with van der Waals surface area (Å²) < 4.78 is 7.52. The molecular formula is C33H28BrNO. The van der Waals surface area contributed by atoms with E-state index in [0.717, 1.165) is 62.1 Å². The summed E-state index contributed by atoms with van der Waals surface area (Å²) in [6.45, 7) is 4.25. The molecule has 0 fully saturated rings. The Balaban J connectivity index is 1.66. The molecule has 0 aliphatic heterocycles. The van der Waals surface area contributed by atoms with Crippen LogP contribution in [-0.4, -0.2) is 5.71 Å². The van der Waals surface area contributed by atoms with Crippen LogP contribution in [0.15, 0.2) is 123 Å². The van der Waals surface area contributed by atoms with Crippen LogP contribution >= 0.6 is 15.9 Å². The fraction of sp³-hybridized carbons (Fsp3) is 0.121. The highest BCUT2D eigenvalue weighted by Gasteiger charge is 2.20. The van der Waals surface area contributed by atoms with E-state index >= 15 is 0 Å². The number of fused-ring (bicyclic) bond motifs is 1. The van der Waals surface area contributed by atoms with Crippen LogP contribution in [0, 0.1) is 0 Å². The van der Waals surface area contributed by atoms with Crippen LogP contribution in [0.25, 0.3) is 27.7 Å². The second kappa shape index (κ2) is 10.9. The molecule has 3 heteroatoms. The van der Waals surface area contributed by atoms with Crippen LogP contribution in [0.5, 0.6) is 0 Å². The second-order valence-corrected chi connectivity index (χ2v) is 9.75. The van der Waals surface area contributed by atoms with Gasteiger partial charge in [-0.15, -0.1) is 0 Å². The first-order valence-corrected chi connectivity index (χ1v) is 13.1. The van der Waals surface area contributed by atoms with Gasteiger partial charge in [0, 0.05) is 21.1 Å². The molecule has 178 valence electrons. The first kappa shape index (κ1) is 24.0. The summed E-state index contributed by atoms with van der Waals surface area (Å²) in [5.41, 5.74) is 8.34. The first-order chi connectivity index (χ1) is 17.6. The van der Waals surface area contributed by atoms with Crippen LogP contribution in [0.2, 0.25) is 0 Å². The van der Waals surface area contributed by atoms with Crippen molar-refractivity contribution in [3.8, 4) is 11.1 Å². The Bertz CT molecular complexity index is 1530. The van der Waals surface area contributed by atoms with E-state index < -0.39 is 0 Å². The highest BCUT2D eigenvalue weighted by molar-refractivity contribution is 9.10. The molecule has 2 nitrogen and oxygen atoms in total. The van der Waals surface area contributed by atoms with Crippen LogP contribution in [0.3, 0.4) is 0 Å². The summed E-state index contributed by atoms with van der Waals surface area (Å²) in [6, 6.07) is 35.6. The van der Waals surface area contributed by atoms with Crippen molar-refractivity contribution in [1.29, 1.82) is 0 Å². The summed E-state index contributed by atoms with van der Waals surface area (Å²) >= 11 is 3.60. The third-order valence-corrected chi connectivity index (χ3v) is 6.77. The van der Waals surface area contributed by atoms with E-state index in [1.165, 1.54) is 11.1 Å². The lowest BCUT2D eigenvalue weighted by molar-refractivity contribution is 0.600. The van der Waals surface area contributed by atoms with Gasteiger partial charge in [-0.25, -0.2) is 4.99 Å². The van der Waals surface area contributed by atoms with Crippen molar-refractivity contribution >= 4 is 43.9 Å². The molecule has 0 radical (unpaired) electrons.